The van der Waals surface area contributed by atoms with E-state index in [9.17, 15) is 0 Å². The molecule has 0 heterocycles. The van der Waals surface area contributed by atoms with Crippen LogP contribution in [0.4, 0.5) is 0 Å². The van der Waals surface area contributed by atoms with Crippen LogP contribution >= 0.6 is 0 Å². The van der Waals surface area contributed by atoms with Crippen LogP contribution in [0.5, 0.6) is 0 Å². The fourth-order valence-corrected chi connectivity index (χ4v) is 1.38. The van der Waals surface area contributed by atoms with Crippen molar-refractivity contribution in [3.63, 3.8) is 0 Å². The Morgan fingerprint density at radius 3 is 1.15 bits per heavy atom. The van der Waals surface area contributed by atoms with Crippen LogP contribution in [0.3, 0.4) is 0 Å². The molecule has 0 aromatic heterocycles. The first-order valence-electron chi connectivity index (χ1n) is 5.80. The zero-order chi connectivity index (χ0) is 11.2. The fourth-order valence-electron chi connectivity index (χ4n) is 1.38. The summed E-state index contributed by atoms with van der Waals surface area (Å²) in [6.07, 6.45) is 0. The van der Waals surface area contributed by atoms with E-state index in [0.717, 1.165) is 17.8 Å². The molecule has 1 unspecified atom stereocenters. The third-order valence-corrected chi connectivity index (χ3v) is 3.66. The highest BCUT2D eigenvalue weighted by Crippen LogP contribution is 2.38. The molecule has 0 fully saturated rings. The maximum absolute atomic E-state index is 2.38. The molecule has 0 heteroatoms. The Morgan fingerprint density at radius 2 is 1.08 bits per heavy atom. The number of hydrogen-bond donors (Lipinski definition) is 0. The van der Waals surface area contributed by atoms with Gasteiger partial charge in [-0.25, -0.2) is 0 Å². The summed E-state index contributed by atoms with van der Waals surface area (Å²) in [6, 6.07) is 0. The summed E-state index contributed by atoms with van der Waals surface area (Å²) in [5.74, 6) is 2.38. The molecule has 0 aromatic carbocycles. The SMILES string of the molecule is CC.CC(C)C(C)C(C)(C)C(C)C. The summed E-state index contributed by atoms with van der Waals surface area (Å²) in [7, 11) is 0. The van der Waals surface area contributed by atoms with Crippen LogP contribution in [-0.4, -0.2) is 0 Å². The van der Waals surface area contributed by atoms with Crippen LogP contribution in [-0.2, 0) is 0 Å². The van der Waals surface area contributed by atoms with E-state index in [2.05, 4.69) is 48.5 Å². The minimum Gasteiger partial charge on any atom is -0.0683 e. The Morgan fingerprint density at radius 1 is 0.769 bits per heavy atom. The monoisotopic (exact) mass is 186 g/mol. The highest BCUT2D eigenvalue weighted by Gasteiger charge is 2.30. The summed E-state index contributed by atoms with van der Waals surface area (Å²) < 4.78 is 0. The highest BCUT2D eigenvalue weighted by molar-refractivity contribution is 4.79. The molecule has 0 bridgehead atoms. The van der Waals surface area contributed by atoms with Crippen molar-refractivity contribution in [2.75, 3.05) is 0 Å². The Balaban J connectivity index is 0. The average Bonchev–Trinajstić information content (AvgIpc) is 2.06. The zero-order valence-electron chi connectivity index (χ0n) is 11.2. The summed E-state index contributed by atoms with van der Waals surface area (Å²) in [5, 5.41) is 0. The highest BCUT2D eigenvalue weighted by atomic mass is 14.4. The minimum atomic E-state index is 0.480. The first-order chi connectivity index (χ1) is 5.80. The standard InChI is InChI=1S/C11H24.C2H6/c1-8(2)10(5)11(6,7)9(3)4;1-2/h8-10H,1-7H3;1-2H3. The van der Waals surface area contributed by atoms with Gasteiger partial charge in [0.2, 0.25) is 0 Å². The summed E-state index contributed by atoms with van der Waals surface area (Å²) in [6.45, 7) is 20.4. The molecule has 0 aliphatic carbocycles. The van der Waals surface area contributed by atoms with Crippen LogP contribution in [0, 0.1) is 23.2 Å². The molecular formula is C13H30. The van der Waals surface area contributed by atoms with E-state index < -0.39 is 0 Å². The van der Waals surface area contributed by atoms with Crippen molar-refractivity contribution in [3.05, 3.63) is 0 Å². The Bertz CT molecular complexity index is 109. The topological polar surface area (TPSA) is 0 Å². The maximum atomic E-state index is 2.38. The first-order valence-corrected chi connectivity index (χ1v) is 5.80. The Kier molecular flexibility index (Phi) is 7.68. The van der Waals surface area contributed by atoms with Gasteiger partial charge in [-0.05, 0) is 23.2 Å². The second-order valence-corrected chi connectivity index (χ2v) is 5.01. The van der Waals surface area contributed by atoms with Crippen LogP contribution in [0.25, 0.3) is 0 Å². The molecule has 13 heavy (non-hydrogen) atoms. The average molecular weight is 186 g/mol. The number of rotatable bonds is 3. The van der Waals surface area contributed by atoms with Crippen LogP contribution in [0.15, 0.2) is 0 Å². The molecular weight excluding hydrogens is 156 g/mol. The molecule has 0 nitrogen and oxygen atoms in total. The van der Waals surface area contributed by atoms with E-state index in [1.807, 2.05) is 13.8 Å². The van der Waals surface area contributed by atoms with Gasteiger partial charge in [0.15, 0.2) is 0 Å². The van der Waals surface area contributed by atoms with Crippen LogP contribution < -0.4 is 0 Å². The van der Waals surface area contributed by atoms with Gasteiger partial charge < -0.3 is 0 Å². The first kappa shape index (κ1) is 15.5. The molecule has 0 amide bonds. The van der Waals surface area contributed by atoms with Crippen molar-refractivity contribution < 1.29 is 0 Å². The second-order valence-electron chi connectivity index (χ2n) is 5.01. The normalized spacial score (nSPS) is 14.1. The van der Waals surface area contributed by atoms with Crippen molar-refractivity contribution in [1.29, 1.82) is 0 Å². The summed E-state index contributed by atoms with van der Waals surface area (Å²) >= 11 is 0. The van der Waals surface area contributed by atoms with E-state index in [4.69, 9.17) is 0 Å². The maximum Gasteiger partial charge on any atom is -0.0303 e. The Hall–Kier alpha value is 0. The quantitative estimate of drug-likeness (QED) is 0.582. The smallest absolute Gasteiger partial charge is 0.0303 e. The van der Waals surface area contributed by atoms with E-state index in [0.29, 0.717) is 5.41 Å². The van der Waals surface area contributed by atoms with Gasteiger partial charge in [-0.15, -0.1) is 0 Å². The van der Waals surface area contributed by atoms with E-state index in [-0.39, 0.29) is 0 Å². The molecule has 82 valence electrons. The number of hydrogen-bond acceptors (Lipinski definition) is 0. The molecule has 0 spiro atoms. The van der Waals surface area contributed by atoms with Gasteiger partial charge >= 0.3 is 0 Å². The molecule has 0 saturated carbocycles. The Labute approximate surface area is 86.1 Å². The van der Waals surface area contributed by atoms with Crippen molar-refractivity contribution in [1.82, 2.24) is 0 Å². The van der Waals surface area contributed by atoms with Gasteiger partial charge in [0.1, 0.15) is 0 Å². The lowest BCUT2D eigenvalue weighted by Gasteiger charge is -2.38. The molecule has 0 radical (unpaired) electrons. The van der Waals surface area contributed by atoms with Gasteiger partial charge in [0, 0.05) is 0 Å². The lowest BCUT2D eigenvalue weighted by Crippen LogP contribution is -2.30. The summed E-state index contributed by atoms with van der Waals surface area (Å²) in [5.41, 5.74) is 0.480. The van der Waals surface area contributed by atoms with Crippen molar-refractivity contribution in [2.24, 2.45) is 23.2 Å². The predicted molar refractivity (Wildman–Crippen MR) is 64.0 cm³/mol. The molecule has 0 aromatic rings. The molecule has 0 saturated heterocycles. The summed E-state index contributed by atoms with van der Waals surface area (Å²) in [4.78, 5) is 0. The van der Waals surface area contributed by atoms with Gasteiger partial charge in [-0.1, -0.05) is 62.3 Å². The van der Waals surface area contributed by atoms with E-state index in [1.54, 1.807) is 0 Å². The predicted octanol–water partition coefficient (Wildman–Crippen LogP) is 4.99. The fraction of sp³-hybridized carbons (Fsp3) is 1.00. The molecule has 0 aliphatic rings. The molecule has 1 atom stereocenters. The minimum absolute atomic E-state index is 0.480. The van der Waals surface area contributed by atoms with Crippen LogP contribution in [0.2, 0.25) is 0 Å². The third-order valence-electron chi connectivity index (χ3n) is 3.66. The molecule has 0 aliphatic heterocycles. The van der Waals surface area contributed by atoms with Crippen molar-refractivity contribution in [2.45, 2.75) is 62.3 Å². The van der Waals surface area contributed by atoms with Gasteiger partial charge in [-0.3, -0.25) is 0 Å². The lowest BCUT2D eigenvalue weighted by molar-refractivity contribution is 0.113. The van der Waals surface area contributed by atoms with Gasteiger partial charge in [0.25, 0.3) is 0 Å². The van der Waals surface area contributed by atoms with Gasteiger partial charge in [-0.2, -0.15) is 0 Å². The zero-order valence-corrected chi connectivity index (χ0v) is 11.2. The van der Waals surface area contributed by atoms with E-state index in [1.165, 1.54) is 0 Å². The van der Waals surface area contributed by atoms with E-state index >= 15 is 0 Å². The largest absolute Gasteiger partial charge is 0.0683 e. The van der Waals surface area contributed by atoms with Gasteiger partial charge in [0.05, 0.1) is 0 Å². The molecule has 0 rings (SSSR count). The van der Waals surface area contributed by atoms with Crippen molar-refractivity contribution >= 4 is 0 Å². The second kappa shape index (κ2) is 6.45. The molecule has 0 N–H and O–H groups in total. The van der Waals surface area contributed by atoms with Crippen molar-refractivity contribution in [3.8, 4) is 0 Å². The van der Waals surface area contributed by atoms with Crippen LogP contribution in [0.1, 0.15) is 62.3 Å². The third kappa shape index (κ3) is 4.69. The lowest BCUT2D eigenvalue weighted by atomic mass is 9.67.